The van der Waals surface area contributed by atoms with Gasteiger partial charge in [-0.3, -0.25) is 4.79 Å². The number of fused-ring (bicyclic) bond motifs is 3. The minimum absolute atomic E-state index is 0.251. The summed E-state index contributed by atoms with van der Waals surface area (Å²) >= 11 is 0. The Labute approximate surface area is 102 Å². The average Bonchev–Trinajstić information content (AvgIpc) is 2.36. The predicted molar refractivity (Wildman–Crippen MR) is 69.3 cm³/mol. The Kier molecular flexibility index (Phi) is 2.68. The van der Waals surface area contributed by atoms with Gasteiger partial charge in [-0.15, -0.1) is 0 Å². The van der Waals surface area contributed by atoms with E-state index >= 15 is 0 Å². The van der Waals surface area contributed by atoms with Crippen LogP contribution in [0.2, 0.25) is 0 Å². The number of hydrogen-bond donors (Lipinski definition) is 0. The van der Waals surface area contributed by atoms with E-state index in [2.05, 4.69) is 54.7 Å². The van der Waals surface area contributed by atoms with Gasteiger partial charge in [0.05, 0.1) is 0 Å². The number of ketones is 1. The van der Waals surface area contributed by atoms with Crippen molar-refractivity contribution >= 4 is 5.78 Å². The van der Waals surface area contributed by atoms with Crippen LogP contribution in [0.15, 0.2) is 60.8 Å². The molecule has 0 aromatic carbocycles. The molecule has 3 rings (SSSR count). The fourth-order valence-corrected chi connectivity index (χ4v) is 3.03. The highest BCUT2D eigenvalue weighted by Gasteiger charge is 2.32. The third kappa shape index (κ3) is 1.97. The fraction of sp³-hybridized carbons (Fsp3) is 0.312. The first-order valence-electron chi connectivity index (χ1n) is 6.25. The van der Waals surface area contributed by atoms with Crippen LogP contribution in [-0.2, 0) is 4.79 Å². The predicted octanol–water partition coefficient (Wildman–Crippen LogP) is 3.23. The van der Waals surface area contributed by atoms with Gasteiger partial charge in [0.1, 0.15) is 0 Å². The van der Waals surface area contributed by atoms with Crippen LogP contribution in [0.25, 0.3) is 0 Å². The molecule has 0 aliphatic heterocycles. The van der Waals surface area contributed by atoms with Crippen molar-refractivity contribution in [2.24, 2.45) is 23.7 Å². The van der Waals surface area contributed by atoms with E-state index in [1.807, 2.05) is 0 Å². The average molecular weight is 224 g/mol. The lowest BCUT2D eigenvalue weighted by atomic mass is 9.69. The smallest absolute Gasteiger partial charge is 0.156 e. The lowest BCUT2D eigenvalue weighted by Gasteiger charge is -2.35. The van der Waals surface area contributed by atoms with Crippen molar-refractivity contribution in [3.05, 3.63) is 60.8 Å². The largest absolute Gasteiger partial charge is 0.295 e. The first-order valence-corrected chi connectivity index (χ1v) is 6.25. The standard InChI is InChI=1S/C16H16O/c17-14-10-9-12-5-1-3-7-15(12)16-8-4-2-6-13(16)11-14/h1-10,12-13,15-16H,11H2. The van der Waals surface area contributed by atoms with Gasteiger partial charge in [-0.05, 0) is 23.8 Å². The Morgan fingerprint density at radius 1 is 0.824 bits per heavy atom. The summed E-state index contributed by atoms with van der Waals surface area (Å²) in [5.41, 5.74) is 0. The molecule has 0 amide bonds. The van der Waals surface area contributed by atoms with Crippen molar-refractivity contribution in [3.63, 3.8) is 0 Å². The summed E-state index contributed by atoms with van der Waals surface area (Å²) in [6.07, 6.45) is 21.8. The normalized spacial score (nSPS) is 38.5. The zero-order valence-corrected chi connectivity index (χ0v) is 9.70. The molecule has 0 aromatic rings. The van der Waals surface area contributed by atoms with Crippen molar-refractivity contribution in [2.75, 3.05) is 0 Å². The van der Waals surface area contributed by atoms with Gasteiger partial charge in [0.15, 0.2) is 5.78 Å². The molecular formula is C16H16O. The fourth-order valence-electron chi connectivity index (χ4n) is 3.03. The molecule has 0 spiro atoms. The molecule has 3 aliphatic rings. The van der Waals surface area contributed by atoms with Crippen molar-refractivity contribution in [3.8, 4) is 0 Å². The van der Waals surface area contributed by atoms with Crippen LogP contribution in [0.3, 0.4) is 0 Å². The van der Waals surface area contributed by atoms with E-state index in [1.54, 1.807) is 6.08 Å². The van der Waals surface area contributed by atoms with Crippen molar-refractivity contribution in [1.82, 2.24) is 0 Å². The summed E-state index contributed by atoms with van der Waals surface area (Å²) in [4.78, 5) is 11.8. The molecule has 0 aromatic heterocycles. The molecule has 0 saturated carbocycles. The molecule has 3 aliphatic carbocycles. The molecule has 1 heteroatoms. The molecule has 0 saturated heterocycles. The summed E-state index contributed by atoms with van der Waals surface area (Å²) in [5.74, 6) is 1.94. The van der Waals surface area contributed by atoms with E-state index in [9.17, 15) is 4.79 Å². The quantitative estimate of drug-likeness (QED) is 0.617. The van der Waals surface area contributed by atoms with Crippen LogP contribution >= 0.6 is 0 Å². The van der Waals surface area contributed by atoms with E-state index in [0.29, 0.717) is 30.1 Å². The molecular weight excluding hydrogens is 208 g/mol. The second-order valence-corrected chi connectivity index (χ2v) is 4.97. The van der Waals surface area contributed by atoms with Gasteiger partial charge < -0.3 is 0 Å². The molecule has 1 nitrogen and oxygen atoms in total. The van der Waals surface area contributed by atoms with Gasteiger partial charge in [0.2, 0.25) is 0 Å². The second kappa shape index (κ2) is 4.33. The summed E-state index contributed by atoms with van der Waals surface area (Å²) in [6, 6.07) is 0. The van der Waals surface area contributed by atoms with Crippen LogP contribution in [0.5, 0.6) is 0 Å². The van der Waals surface area contributed by atoms with E-state index in [-0.39, 0.29) is 5.78 Å². The van der Waals surface area contributed by atoms with E-state index < -0.39 is 0 Å². The van der Waals surface area contributed by atoms with E-state index in [1.165, 1.54) is 0 Å². The monoisotopic (exact) mass is 224 g/mol. The Morgan fingerprint density at radius 2 is 1.53 bits per heavy atom. The van der Waals surface area contributed by atoms with Crippen LogP contribution in [0.4, 0.5) is 0 Å². The van der Waals surface area contributed by atoms with Crippen molar-refractivity contribution in [2.45, 2.75) is 6.42 Å². The van der Waals surface area contributed by atoms with E-state index in [0.717, 1.165) is 0 Å². The highest BCUT2D eigenvalue weighted by atomic mass is 16.1. The Hall–Kier alpha value is -1.63. The van der Waals surface area contributed by atoms with Gasteiger partial charge in [-0.1, -0.05) is 54.7 Å². The number of allylic oxidation sites excluding steroid dienone is 10. The molecule has 0 fully saturated rings. The number of rotatable bonds is 0. The first-order chi connectivity index (χ1) is 8.34. The highest BCUT2D eigenvalue weighted by Crippen LogP contribution is 2.38. The molecule has 0 heterocycles. The maximum absolute atomic E-state index is 11.8. The summed E-state index contributed by atoms with van der Waals surface area (Å²) in [6.45, 7) is 0. The molecule has 4 unspecified atom stereocenters. The number of carbonyl (C=O) groups is 1. The zero-order valence-electron chi connectivity index (χ0n) is 9.70. The van der Waals surface area contributed by atoms with Gasteiger partial charge in [-0.25, -0.2) is 0 Å². The Bertz CT molecular complexity index is 462. The lowest BCUT2D eigenvalue weighted by molar-refractivity contribution is -0.115. The Morgan fingerprint density at radius 3 is 2.41 bits per heavy atom. The zero-order chi connectivity index (χ0) is 11.7. The topological polar surface area (TPSA) is 17.1 Å². The van der Waals surface area contributed by atoms with Crippen molar-refractivity contribution in [1.29, 1.82) is 0 Å². The first kappa shape index (κ1) is 10.5. The maximum atomic E-state index is 11.8. The van der Waals surface area contributed by atoms with Gasteiger partial charge >= 0.3 is 0 Å². The highest BCUT2D eigenvalue weighted by molar-refractivity contribution is 5.90. The van der Waals surface area contributed by atoms with Gasteiger partial charge in [0.25, 0.3) is 0 Å². The molecule has 0 radical (unpaired) electrons. The molecule has 86 valence electrons. The summed E-state index contributed by atoms with van der Waals surface area (Å²) in [7, 11) is 0. The van der Waals surface area contributed by atoms with E-state index in [4.69, 9.17) is 0 Å². The minimum Gasteiger partial charge on any atom is -0.295 e. The molecule has 17 heavy (non-hydrogen) atoms. The number of hydrogen-bond acceptors (Lipinski definition) is 1. The SMILES string of the molecule is O=C1C=CC2C=CC=CC2C2C=CC=CC2C1. The van der Waals surface area contributed by atoms with Crippen LogP contribution in [0.1, 0.15) is 6.42 Å². The summed E-state index contributed by atoms with van der Waals surface area (Å²) in [5, 5.41) is 0. The van der Waals surface area contributed by atoms with Crippen molar-refractivity contribution < 1.29 is 4.79 Å². The number of carbonyl (C=O) groups excluding carboxylic acids is 1. The third-order valence-electron chi connectivity index (χ3n) is 3.91. The second-order valence-electron chi connectivity index (χ2n) is 4.97. The van der Waals surface area contributed by atoms with Crippen LogP contribution in [0, 0.1) is 23.7 Å². The maximum Gasteiger partial charge on any atom is 0.156 e. The van der Waals surface area contributed by atoms with Gasteiger partial charge in [0, 0.05) is 12.3 Å². The third-order valence-corrected chi connectivity index (χ3v) is 3.91. The van der Waals surface area contributed by atoms with Gasteiger partial charge in [-0.2, -0.15) is 0 Å². The Balaban J connectivity index is 1.99. The summed E-state index contributed by atoms with van der Waals surface area (Å²) < 4.78 is 0. The molecule has 4 atom stereocenters. The molecule has 0 N–H and O–H groups in total. The molecule has 0 bridgehead atoms. The van der Waals surface area contributed by atoms with Crippen LogP contribution < -0.4 is 0 Å². The van der Waals surface area contributed by atoms with Crippen LogP contribution in [-0.4, -0.2) is 5.78 Å². The lowest BCUT2D eigenvalue weighted by Crippen LogP contribution is -2.29. The minimum atomic E-state index is 0.251.